The maximum Gasteiger partial charge on any atom is 0.199 e. The predicted octanol–water partition coefficient (Wildman–Crippen LogP) is 4.37. The summed E-state index contributed by atoms with van der Waals surface area (Å²) in [7, 11) is 0. The van der Waals surface area contributed by atoms with Gasteiger partial charge in [0.25, 0.3) is 0 Å². The van der Waals surface area contributed by atoms with Crippen LogP contribution in [0.5, 0.6) is 0 Å². The smallest absolute Gasteiger partial charge is 0.199 e. The maximum absolute atomic E-state index is 4.18. The molecule has 2 heterocycles. The highest BCUT2D eigenvalue weighted by molar-refractivity contribution is 6.67. The summed E-state index contributed by atoms with van der Waals surface area (Å²) in [6, 6.07) is 6.77. The van der Waals surface area contributed by atoms with E-state index < -0.39 is 0 Å². The van der Waals surface area contributed by atoms with Gasteiger partial charge in [0.1, 0.15) is 0 Å². The normalized spacial score (nSPS) is 24.3. The van der Waals surface area contributed by atoms with Crippen LogP contribution in [-0.4, -0.2) is 12.7 Å². The molecule has 1 aliphatic carbocycles. The molecule has 22 heavy (non-hydrogen) atoms. The zero-order chi connectivity index (χ0) is 15.1. The quantitative estimate of drug-likeness (QED) is 0.798. The van der Waals surface area contributed by atoms with Crippen molar-refractivity contribution in [1.82, 2.24) is 5.32 Å². The lowest BCUT2D eigenvalue weighted by molar-refractivity contribution is 0.386. The Morgan fingerprint density at radius 3 is 2.82 bits per heavy atom. The standard InChI is InChI=1S/C20H26BN/c1-14(2)17-10-6-9-16-11-20-21(12-18(16)17)13-19(22-20)15-7-4-3-5-8-15/h6,9-10,13,15,20,22H,1,3-5,7-8,11-12H2,2H3. The van der Waals surface area contributed by atoms with Crippen LogP contribution in [0.4, 0.5) is 0 Å². The Morgan fingerprint density at radius 1 is 1.23 bits per heavy atom. The van der Waals surface area contributed by atoms with E-state index in [0.29, 0.717) is 12.7 Å². The van der Waals surface area contributed by atoms with Gasteiger partial charge in [-0.15, -0.1) is 0 Å². The first-order valence-corrected chi connectivity index (χ1v) is 8.97. The second kappa shape index (κ2) is 5.64. The summed E-state index contributed by atoms with van der Waals surface area (Å²) in [6.45, 7) is 7.00. The van der Waals surface area contributed by atoms with E-state index in [1.54, 1.807) is 11.3 Å². The predicted molar refractivity (Wildman–Crippen MR) is 95.9 cm³/mol. The van der Waals surface area contributed by atoms with Crippen molar-refractivity contribution in [2.24, 2.45) is 5.92 Å². The third-order valence-corrected chi connectivity index (χ3v) is 5.92. The number of fused-ring (bicyclic) bond motifs is 2. The topological polar surface area (TPSA) is 12.0 Å². The minimum absolute atomic E-state index is 0.629. The molecule has 0 saturated heterocycles. The van der Waals surface area contributed by atoms with Crippen LogP contribution < -0.4 is 5.32 Å². The van der Waals surface area contributed by atoms with Gasteiger partial charge in [0.05, 0.1) is 0 Å². The van der Waals surface area contributed by atoms with Crippen LogP contribution in [-0.2, 0) is 12.7 Å². The van der Waals surface area contributed by atoms with Crippen molar-refractivity contribution in [2.75, 3.05) is 0 Å². The molecule has 0 aromatic heterocycles. The molecule has 0 amide bonds. The first-order valence-electron chi connectivity index (χ1n) is 8.97. The van der Waals surface area contributed by atoms with E-state index in [-0.39, 0.29) is 0 Å². The van der Waals surface area contributed by atoms with Gasteiger partial charge in [0, 0.05) is 11.6 Å². The average molecular weight is 291 g/mol. The average Bonchev–Trinajstić information content (AvgIpc) is 2.95. The summed E-state index contributed by atoms with van der Waals surface area (Å²) in [5.41, 5.74) is 7.25. The van der Waals surface area contributed by atoms with Crippen molar-refractivity contribution >= 4 is 12.3 Å². The summed E-state index contributed by atoms with van der Waals surface area (Å²) in [5.74, 6) is 4.02. The number of hydrogen-bond donors (Lipinski definition) is 1. The van der Waals surface area contributed by atoms with Crippen LogP contribution in [0.3, 0.4) is 0 Å². The molecule has 1 N–H and O–H groups in total. The van der Waals surface area contributed by atoms with E-state index in [2.05, 4.69) is 43.0 Å². The van der Waals surface area contributed by atoms with Crippen LogP contribution in [0, 0.1) is 5.92 Å². The van der Waals surface area contributed by atoms with E-state index in [1.165, 1.54) is 61.5 Å². The largest absolute Gasteiger partial charge is 0.393 e. The first kappa shape index (κ1) is 14.2. The van der Waals surface area contributed by atoms with Crippen molar-refractivity contribution in [3.63, 3.8) is 0 Å². The number of allylic oxidation sites excluding steroid dienone is 2. The Morgan fingerprint density at radius 2 is 2.05 bits per heavy atom. The maximum atomic E-state index is 4.18. The fourth-order valence-corrected chi connectivity index (χ4v) is 4.73. The van der Waals surface area contributed by atoms with Crippen molar-refractivity contribution in [1.29, 1.82) is 0 Å². The highest BCUT2D eigenvalue weighted by atomic mass is 14.9. The highest BCUT2D eigenvalue weighted by Crippen LogP contribution is 2.35. The fourth-order valence-electron chi connectivity index (χ4n) is 4.73. The summed E-state index contributed by atoms with van der Waals surface area (Å²) >= 11 is 0. The number of nitrogens with one attached hydrogen (secondary N) is 1. The van der Waals surface area contributed by atoms with E-state index in [9.17, 15) is 0 Å². The van der Waals surface area contributed by atoms with Crippen molar-refractivity contribution in [3.05, 3.63) is 53.1 Å². The van der Waals surface area contributed by atoms with Crippen LogP contribution in [0.25, 0.3) is 5.57 Å². The molecule has 1 fully saturated rings. The van der Waals surface area contributed by atoms with Gasteiger partial charge in [-0.25, -0.2) is 0 Å². The molecule has 114 valence electrons. The van der Waals surface area contributed by atoms with Crippen molar-refractivity contribution < 1.29 is 0 Å². The fraction of sp³-hybridized carbons (Fsp3) is 0.500. The minimum Gasteiger partial charge on any atom is -0.393 e. The molecule has 0 bridgehead atoms. The molecule has 2 aliphatic heterocycles. The molecule has 1 nitrogen and oxygen atoms in total. The third kappa shape index (κ3) is 2.43. The van der Waals surface area contributed by atoms with Gasteiger partial charge >= 0.3 is 0 Å². The molecular weight excluding hydrogens is 265 g/mol. The van der Waals surface area contributed by atoms with Crippen molar-refractivity contribution in [2.45, 2.75) is 57.7 Å². The summed E-state index contributed by atoms with van der Waals surface area (Å²) in [6.07, 6.45) is 9.41. The Kier molecular flexibility index (Phi) is 3.64. The van der Waals surface area contributed by atoms with E-state index >= 15 is 0 Å². The zero-order valence-electron chi connectivity index (χ0n) is 13.7. The second-order valence-corrected chi connectivity index (χ2v) is 7.50. The zero-order valence-corrected chi connectivity index (χ0v) is 13.7. The molecule has 0 radical (unpaired) electrons. The Hall–Kier alpha value is -1.44. The van der Waals surface area contributed by atoms with Crippen molar-refractivity contribution in [3.8, 4) is 0 Å². The monoisotopic (exact) mass is 291 g/mol. The van der Waals surface area contributed by atoms with Gasteiger partial charge in [0.2, 0.25) is 0 Å². The summed E-state index contributed by atoms with van der Waals surface area (Å²) < 4.78 is 0. The van der Waals surface area contributed by atoms with Gasteiger partial charge < -0.3 is 5.32 Å². The molecule has 2 heteroatoms. The van der Waals surface area contributed by atoms with Gasteiger partial charge in [-0.1, -0.05) is 55.6 Å². The summed E-state index contributed by atoms with van der Waals surface area (Å²) in [4.78, 5) is 0. The van der Waals surface area contributed by atoms with E-state index in [4.69, 9.17) is 0 Å². The molecule has 4 rings (SSSR count). The number of rotatable bonds is 2. The Labute approximate surface area is 135 Å². The Bertz CT molecular complexity index is 625. The van der Waals surface area contributed by atoms with Crippen LogP contribution in [0.15, 0.2) is 36.5 Å². The summed E-state index contributed by atoms with van der Waals surface area (Å²) in [5, 5.41) is 3.89. The van der Waals surface area contributed by atoms with Gasteiger partial charge in [-0.2, -0.15) is 0 Å². The molecule has 3 aliphatic rings. The third-order valence-electron chi connectivity index (χ3n) is 5.92. The molecule has 1 unspecified atom stereocenters. The molecule has 1 aromatic carbocycles. The minimum atomic E-state index is 0.629. The highest BCUT2D eigenvalue weighted by Gasteiger charge is 2.37. The van der Waals surface area contributed by atoms with Gasteiger partial charge in [-0.05, 0) is 55.1 Å². The van der Waals surface area contributed by atoms with Crippen LogP contribution in [0.1, 0.15) is 55.7 Å². The van der Waals surface area contributed by atoms with Gasteiger partial charge in [0.15, 0.2) is 6.71 Å². The van der Waals surface area contributed by atoms with E-state index in [0.717, 1.165) is 5.92 Å². The first-order chi connectivity index (χ1) is 10.7. The van der Waals surface area contributed by atoms with E-state index in [1.807, 2.05) is 0 Å². The SMILES string of the molecule is C=C(C)c1cccc2c1CB1C=C(C3CCCCC3)NC1C2. The lowest BCUT2D eigenvalue weighted by Crippen LogP contribution is -2.43. The van der Waals surface area contributed by atoms with Crippen LogP contribution in [0.2, 0.25) is 0 Å². The lowest BCUT2D eigenvalue weighted by atomic mass is 9.39. The molecular formula is C20H26BN. The molecule has 0 spiro atoms. The van der Waals surface area contributed by atoms with Crippen LogP contribution >= 0.6 is 0 Å². The Balaban J connectivity index is 1.59. The second-order valence-electron chi connectivity index (χ2n) is 7.50. The van der Waals surface area contributed by atoms with Gasteiger partial charge in [-0.3, -0.25) is 0 Å². The molecule has 1 aromatic rings. The molecule has 1 saturated carbocycles. The lowest BCUT2D eigenvalue weighted by Gasteiger charge is -2.29. The number of benzene rings is 1. The number of hydrogen-bond acceptors (Lipinski definition) is 1. The molecule has 1 atom stereocenters.